The van der Waals surface area contributed by atoms with Crippen LogP contribution in [0.25, 0.3) is 0 Å². The molecule has 0 spiro atoms. The summed E-state index contributed by atoms with van der Waals surface area (Å²) in [6.45, 7) is 3.95. The van der Waals surface area contributed by atoms with Gasteiger partial charge in [0.05, 0.1) is 11.9 Å². The number of hydrogen-bond acceptors (Lipinski definition) is 3. The first-order valence-corrected chi connectivity index (χ1v) is 6.94. The lowest BCUT2D eigenvalue weighted by Gasteiger charge is -2.00. The molecule has 1 aliphatic carbocycles. The summed E-state index contributed by atoms with van der Waals surface area (Å²) in [4.78, 5) is 0. The minimum absolute atomic E-state index is 0.748. The molecule has 0 atom stereocenters. The molecular weight excluding hydrogens is 238 g/mol. The molecule has 5 nitrogen and oxygen atoms in total. The summed E-state index contributed by atoms with van der Waals surface area (Å²) in [5.41, 5.74) is 3.71. The Labute approximate surface area is 113 Å². The highest BCUT2D eigenvalue weighted by atomic mass is 15.3. The van der Waals surface area contributed by atoms with E-state index in [-0.39, 0.29) is 0 Å². The third-order valence-corrected chi connectivity index (χ3v) is 3.59. The van der Waals surface area contributed by atoms with Crippen molar-refractivity contribution in [3.63, 3.8) is 0 Å². The Morgan fingerprint density at radius 2 is 2.21 bits per heavy atom. The Hall–Kier alpha value is -1.62. The molecule has 0 aliphatic heterocycles. The predicted octanol–water partition coefficient (Wildman–Crippen LogP) is 1.42. The van der Waals surface area contributed by atoms with Crippen LogP contribution < -0.4 is 5.32 Å². The Morgan fingerprint density at radius 3 is 2.89 bits per heavy atom. The van der Waals surface area contributed by atoms with Crippen molar-refractivity contribution in [1.82, 2.24) is 24.9 Å². The summed E-state index contributed by atoms with van der Waals surface area (Å²) in [5, 5.41) is 12.3. The molecule has 1 N–H and O–H groups in total. The maximum Gasteiger partial charge on any atom is 0.0638 e. The van der Waals surface area contributed by atoms with Crippen molar-refractivity contribution in [1.29, 1.82) is 0 Å². The van der Waals surface area contributed by atoms with E-state index in [2.05, 4.69) is 34.8 Å². The Morgan fingerprint density at radius 1 is 1.37 bits per heavy atom. The molecule has 0 bridgehead atoms. The zero-order chi connectivity index (χ0) is 13.2. The number of aryl methyl sites for hydroxylation is 4. The van der Waals surface area contributed by atoms with Gasteiger partial charge in [-0.05, 0) is 31.7 Å². The summed E-state index contributed by atoms with van der Waals surface area (Å²) >= 11 is 0. The summed E-state index contributed by atoms with van der Waals surface area (Å²) in [5.74, 6) is 0. The van der Waals surface area contributed by atoms with Gasteiger partial charge in [-0.2, -0.15) is 10.2 Å². The molecule has 102 valence electrons. The molecule has 0 saturated heterocycles. The fourth-order valence-corrected chi connectivity index (χ4v) is 2.23. The molecule has 1 fully saturated rings. The first kappa shape index (κ1) is 12.4. The van der Waals surface area contributed by atoms with E-state index >= 15 is 0 Å². The van der Waals surface area contributed by atoms with Gasteiger partial charge in [-0.25, -0.2) is 0 Å². The topological polar surface area (TPSA) is 47.7 Å². The van der Waals surface area contributed by atoms with E-state index in [4.69, 9.17) is 0 Å². The van der Waals surface area contributed by atoms with E-state index in [1.807, 2.05) is 22.6 Å². The van der Waals surface area contributed by atoms with Crippen molar-refractivity contribution < 1.29 is 0 Å². The molecule has 2 aromatic rings. The van der Waals surface area contributed by atoms with Crippen LogP contribution in [-0.2, 0) is 26.6 Å². The van der Waals surface area contributed by atoms with Gasteiger partial charge in [0.2, 0.25) is 0 Å². The normalized spacial score (nSPS) is 15.1. The van der Waals surface area contributed by atoms with Crippen molar-refractivity contribution in [2.24, 2.45) is 7.05 Å². The van der Waals surface area contributed by atoms with Crippen molar-refractivity contribution >= 4 is 0 Å². The quantitative estimate of drug-likeness (QED) is 0.853. The Kier molecular flexibility index (Phi) is 3.38. The molecule has 1 aliphatic rings. The first-order chi connectivity index (χ1) is 9.20. The van der Waals surface area contributed by atoms with Crippen LogP contribution in [0.2, 0.25) is 0 Å². The minimum atomic E-state index is 0.748. The minimum Gasteiger partial charge on any atom is -0.310 e. The second kappa shape index (κ2) is 5.17. The molecule has 0 aromatic carbocycles. The molecule has 5 heteroatoms. The van der Waals surface area contributed by atoms with Gasteiger partial charge in [-0.1, -0.05) is 0 Å². The van der Waals surface area contributed by atoms with E-state index in [0.717, 1.165) is 31.2 Å². The summed E-state index contributed by atoms with van der Waals surface area (Å²) in [6.07, 6.45) is 9.78. The molecule has 3 rings (SSSR count). The lowest BCUT2D eigenvalue weighted by atomic mass is 10.2. The molecule has 1 saturated carbocycles. The van der Waals surface area contributed by atoms with Crippen LogP contribution >= 0.6 is 0 Å². The highest BCUT2D eigenvalue weighted by molar-refractivity contribution is 5.15. The van der Waals surface area contributed by atoms with E-state index in [9.17, 15) is 0 Å². The van der Waals surface area contributed by atoms with E-state index in [1.165, 1.54) is 24.0 Å². The SMILES string of the molecule is Cc1nn(CCc2cnn(C)c2)cc1CNC1CC1. The van der Waals surface area contributed by atoms with Gasteiger partial charge in [-0.3, -0.25) is 9.36 Å². The van der Waals surface area contributed by atoms with E-state index < -0.39 is 0 Å². The van der Waals surface area contributed by atoms with Crippen LogP contribution in [0, 0.1) is 6.92 Å². The zero-order valence-corrected chi connectivity index (χ0v) is 11.6. The fraction of sp³-hybridized carbons (Fsp3) is 0.571. The highest BCUT2D eigenvalue weighted by Crippen LogP contribution is 2.19. The number of nitrogens with one attached hydrogen (secondary N) is 1. The number of aromatic nitrogens is 4. The van der Waals surface area contributed by atoms with Crippen LogP contribution in [0.3, 0.4) is 0 Å². The second-order valence-electron chi connectivity index (χ2n) is 5.43. The Balaban J connectivity index is 1.56. The Bertz CT molecular complexity index is 550. The summed E-state index contributed by atoms with van der Waals surface area (Å²) < 4.78 is 3.89. The van der Waals surface area contributed by atoms with Gasteiger partial charge in [0.15, 0.2) is 0 Å². The predicted molar refractivity (Wildman–Crippen MR) is 73.7 cm³/mol. The first-order valence-electron chi connectivity index (χ1n) is 6.94. The van der Waals surface area contributed by atoms with Gasteiger partial charge in [-0.15, -0.1) is 0 Å². The van der Waals surface area contributed by atoms with Crippen molar-refractivity contribution in [3.8, 4) is 0 Å². The average molecular weight is 259 g/mol. The summed E-state index contributed by atoms with van der Waals surface area (Å²) in [6, 6.07) is 0.748. The van der Waals surface area contributed by atoms with Crippen LogP contribution in [0.5, 0.6) is 0 Å². The number of hydrogen-bond donors (Lipinski definition) is 1. The molecule has 0 amide bonds. The van der Waals surface area contributed by atoms with Crippen LogP contribution in [0.4, 0.5) is 0 Å². The number of nitrogens with zero attached hydrogens (tertiary/aromatic N) is 4. The van der Waals surface area contributed by atoms with E-state index in [0.29, 0.717) is 0 Å². The largest absolute Gasteiger partial charge is 0.310 e. The number of rotatable bonds is 6. The van der Waals surface area contributed by atoms with Gasteiger partial charge in [0.1, 0.15) is 0 Å². The van der Waals surface area contributed by atoms with Crippen molar-refractivity contribution in [3.05, 3.63) is 35.4 Å². The van der Waals surface area contributed by atoms with Gasteiger partial charge in [0.25, 0.3) is 0 Å². The molecule has 19 heavy (non-hydrogen) atoms. The third kappa shape index (κ3) is 3.23. The van der Waals surface area contributed by atoms with Gasteiger partial charge in [0, 0.05) is 44.1 Å². The fourth-order valence-electron chi connectivity index (χ4n) is 2.23. The van der Waals surface area contributed by atoms with Crippen LogP contribution in [-0.4, -0.2) is 25.6 Å². The van der Waals surface area contributed by atoms with Crippen LogP contribution in [0.1, 0.15) is 29.7 Å². The van der Waals surface area contributed by atoms with Crippen LogP contribution in [0.15, 0.2) is 18.6 Å². The highest BCUT2D eigenvalue weighted by Gasteiger charge is 2.20. The lowest BCUT2D eigenvalue weighted by molar-refractivity contribution is 0.608. The monoisotopic (exact) mass is 259 g/mol. The van der Waals surface area contributed by atoms with Gasteiger partial charge >= 0.3 is 0 Å². The van der Waals surface area contributed by atoms with Crippen molar-refractivity contribution in [2.45, 2.75) is 45.3 Å². The maximum absolute atomic E-state index is 4.58. The second-order valence-corrected chi connectivity index (χ2v) is 5.43. The smallest absolute Gasteiger partial charge is 0.0638 e. The maximum atomic E-state index is 4.58. The molecule has 2 heterocycles. The zero-order valence-electron chi connectivity index (χ0n) is 11.6. The lowest BCUT2D eigenvalue weighted by Crippen LogP contribution is -2.15. The van der Waals surface area contributed by atoms with Gasteiger partial charge < -0.3 is 5.32 Å². The third-order valence-electron chi connectivity index (χ3n) is 3.59. The summed E-state index contributed by atoms with van der Waals surface area (Å²) in [7, 11) is 1.95. The molecule has 0 unspecified atom stereocenters. The van der Waals surface area contributed by atoms with Crippen molar-refractivity contribution in [2.75, 3.05) is 0 Å². The van der Waals surface area contributed by atoms with E-state index in [1.54, 1.807) is 0 Å². The standard InChI is InChI=1S/C14H21N5/c1-11-13(8-15-14-3-4-14)10-19(17-11)6-5-12-7-16-18(2)9-12/h7,9-10,14-15H,3-6,8H2,1-2H3. The molecule has 2 aromatic heterocycles. The molecular formula is C14H21N5. The average Bonchev–Trinajstić information content (AvgIpc) is 3.02. The molecule has 0 radical (unpaired) electrons.